The van der Waals surface area contributed by atoms with Crippen LogP contribution in [-0.4, -0.2) is 32.1 Å². The van der Waals surface area contributed by atoms with Crippen molar-refractivity contribution in [2.45, 2.75) is 13.1 Å². The van der Waals surface area contributed by atoms with E-state index in [2.05, 4.69) is 15.3 Å². The lowest BCUT2D eigenvalue weighted by atomic mass is 10.2. The van der Waals surface area contributed by atoms with E-state index < -0.39 is 23.0 Å². The first kappa shape index (κ1) is 23.1. The van der Waals surface area contributed by atoms with Crippen molar-refractivity contribution in [3.05, 3.63) is 97.3 Å². The molecule has 3 heterocycles. The number of fused-ring (bicyclic) bond motifs is 1. The number of aromatic nitrogens is 4. The fourth-order valence-electron chi connectivity index (χ4n) is 3.43. The maximum absolute atomic E-state index is 13.5. The predicted molar refractivity (Wildman–Crippen MR) is 124 cm³/mol. The molecule has 4 rings (SSSR count). The van der Waals surface area contributed by atoms with E-state index in [1.807, 2.05) is 0 Å². The number of carbonyl (C=O) groups is 1. The number of pyridine rings is 2. The van der Waals surface area contributed by atoms with Crippen LogP contribution in [0.1, 0.15) is 21.6 Å². The van der Waals surface area contributed by atoms with Crippen LogP contribution < -0.4 is 21.3 Å². The van der Waals surface area contributed by atoms with Crippen molar-refractivity contribution in [3.8, 4) is 5.88 Å². The number of halogens is 2. The molecule has 0 bridgehead atoms. The summed E-state index contributed by atoms with van der Waals surface area (Å²) in [6.45, 7) is 0.0788. The predicted octanol–water partition coefficient (Wildman–Crippen LogP) is 2.27. The van der Waals surface area contributed by atoms with Crippen LogP contribution >= 0.6 is 11.6 Å². The Morgan fingerprint density at radius 2 is 1.94 bits per heavy atom. The van der Waals surface area contributed by atoms with Gasteiger partial charge in [0.1, 0.15) is 11.5 Å². The normalized spacial score (nSPS) is 10.9. The zero-order valence-electron chi connectivity index (χ0n) is 18.2. The summed E-state index contributed by atoms with van der Waals surface area (Å²) in [5.41, 5.74) is 0.352. The summed E-state index contributed by atoms with van der Waals surface area (Å²) in [4.78, 5) is 46.7. The Hall–Kier alpha value is -4.05. The van der Waals surface area contributed by atoms with E-state index in [4.69, 9.17) is 16.3 Å². The van der Waals surface area contributed by atoms with Gasteiger partial charge in [0.25, 0.3) is 11.5 Å². The highest BCUT2D eigenvalue weighted by molar-refractivity contribution is 6.30. The first-order valence-electron chi connectivity index (χ1n) is 10.1. The van der Waals surface area contributed by atoms with E-state index >= 15 is 0 Å². The SMILES string of the molecule is COc1cc(CNC(=O)c2cc3c(=O)n(Cc4ccc(F)c(Cl)c4)c(=O)n(C)c3cn2)ccn1. The molecule has 4 aromatic rings. The quantitative estimate of drug-likeness (QED) is 0.451. The van der Waals surface area contributed by atoms with Crippen molar-refractivity contribution < 1.29 is 13.9 Å². The molecule has 0 saturated carbocycles. The average molecular weight is 484 g/mol. The summed E-state index contributed by atoms with van der Waals surface area (Å²) in [6.07, 6.45) is 2.87. The molecule has 0 radical (unpaired) electrons. The number of nitrogens with zero attached hydrogens (tertiary/aromatic N) is 4. The number of nitrogens with one attached hydrogen (secondary N) is 1. The van der Waals surface area contributed by atoms with Crippen LogP contribution in [0.25, 0.3) is 10.9 Å². The van der Waals surface area contributed by atoms with Gasteiger partial charge in [0, 0.05) is 25.9 Å². The maximum atomic E-state index is 13.5. The number of hydrogen-bond donors (Lipinski definition) is 1. The van der Waals surface area contributed by atoms with Crippen molar-refractivity contribution in [1.82, 2.24) is 24.4 Å². The van der Waals surface area contributed by atoms with E-state index in [0.717, 1.165) is 10.1 Å². The molecule has 0 atom stereocenters. The number of aryl methyl sites for hydroxylation is 1. The average Bonchev–Trinajstić information content (AvgIpc) is 2.85. The third-order valence-corrected chi connectivity index (χ3v) is 5.55. The van der Waals surface area contributed by atoms with Gasteiger partial charge >= 0.3 is 5.69 Å². The minimum absolute atomic E-state index is 0.0145. The van der Waals surface area contributed by atoms with Crippen molar-refractivity contribution in [1.29, 1.82) is 0 Å². The van der Waals surface area contributed by atoms with Crippen LogP contribution in [0.4, 0.5) is 4.39 Å². The second kappa shape index (κ2) is 9.44. The molecule has 0 spiro atoms. The van der Waals surface area contributed by atoms with E-state index in [0.29, 0.717) is 11.4 Å². The summed E-state index contributed by atoms with van der Waals surface area (Å²) in [7, 11) is 2.99. The van der Waals surface area contributed by atoms with Crippen LogP contribution in [0.3, 0.4) is 0 Å². The van der Waals surface area contributed by atoms with Crippen molar-refractivity contribution in [2.75, 3.05) is 7.11 Å². The molecule has 174 valence electrons. The van der Waals surface area contributed by atoms with Gasteiger partial charge in [0.15, 0.2) is 0 Å². The lowest BCUT2D eigenvalue weighted by molar-refractivity contribution is 0.0946. The van der Waals surface area contributed by atoms with Crippen molar-refractivity contribution >= 4 is 28.4 Å². The molecule has 1 N–H and O–H groups in total. The zero-order valence-corrected chi connectivity index (χ0v) is 19.0. The van der Waals surface area contributed by atoms with Gasteiger partial charge in [0.2, 0.25) is 5.88 Å². The monoisotopic (exact) mass is 483 g/mol. The van der Waals surface area contributed by atoms with Crippen LogP contribution in [0, 0.1) is 5.82 Å². The molecule has 0 fully saturated rings. The van der Waals surface area contributed by atoms with Crippen LogP contribution in [0.5, 0.6) is 5.88 Å². The Labute approximate surface area is 197 Å². The first-order valence-corrected chi connectivity index (χ1v) is 10.5. The van der Waals surface area contributed by atoms with Gasteiger partial charge in [-0.2, -0.15) is 0 Å². The summed E-state index contributed by atoms with van der Waals surface area (Å²) in [5, 5.41) is 2.76. The number of hydrogen-bond acceptors (Lipinski definition) is 6. The van der Waals surface area contributed by atoms with Gasteiger partial charge in [-0.25, -0.2) is 19.2 Å². The standard InChI is InChI=1S/C23H19ClFN5O4/c1-29-19-11-27-18(21(31)28-10-13-5-6-26-20(8-13)34-2)9-15(19)22(32)30(23(29)33)12-14-3-4-17(25)16(24)7-14/h3-9,11H,10,12H2,1-2H3,(H,28,31). The second-order valence-electron chi connectivity index (χ2n) is 7.46. The first-order chi connectivity index (χ1) is 16.3. The summed E-state index contributed by atoms with van der Waals surface area (Å²) >= 11 is 5.82. The van der Waals surface area contributed by atoms with Gasteiger partial charge in [-0.15, -0.1) is 0 Å². The summed E-state index contributed by atoms with van der Waals surface area (Å²) in [5.74, 6) is -0.682. The largest absolute Gasteiger partial charge is 0.481 e. The molecule has 34 heavy (non-hydrogen) atoms. The highest BCUT2D eigenvalue weighted by atomic mass is 35.5. The molecule has 9 nitrogen and oxygen atoms in total. The molecule has 0 aliphatic heterocycles. The fraction of sp³-hybridized carbons (Fsp3) is 0.174. The third kappa shape index (κ3) is 4.53. The van der Waals surface area contributed by atoms with Gasteiger partial charge in [0.05, 0.1) is 35.8 Å². The maximum Gasteiger partial charge on any atom is 0.331 e. The zero-order chi connectivity index (χ0) is 24.4. The number of rotatable bonds is 6. The molecule has 0 unspecified atom stereocenters. The van der Waals surface area contributed by atoms with Crippen LogP contribution in [0.2, 0.25) is 5.02 Å². The molecule has 0 aliphatic carbocycles. The Bertz CT molecular complexity index is 1530. The van der Waals surface area contributed by atoms with Gasteiger partial charge < -0.3 is 10.1 Å². The molecule has 0 saturated heterocycles. The van der Waals surface area contributed by atoms with Crippen molar-refractivity contribution in [3.63, 3.8) is 0 Å². The smallest absolute Gasteiger partial charge is 0.331 e. The minimum atomic E-state index is -0.603. The Morgan fingerprint density at radius 1 is 1.15 bits per heavy atom. The number of amides is 1. The van der Waals surface area contributed by atoms with Crippen molar-refractivity contribution in [2.24, 2.45) is 7.05 Å². The lowest BCUT2D eigenvalue weighted by Gasteiger charge is -2.12. The fourth-order valence-corrected chi connectivity index (χ4v) is 3.64. The second-order valence-corrected chi connectivity index (χ2v) is 7.86. The summed E-state index contributed by atoms with van der Waals surface area (Å²) in [6, 6.07) is 8.72. The van der Waals surface area contributed by atoms with Gasteiger partial charge in [-0.1, -0.05) is 17.7 Å². The molecule has 11 heteroatoms. The number of benzene rings is 1. The molecular formula is C23H19ClFN5O4. The lowest BCUT2D eigenvalue weighted by Crippen LogP contribution is -2.39. The Balaban J connectivity index is 1.66. The highest BCUT2D eigenvalue weighted by Crippen LogP contribution is 2.17. The van der Waals surface area contributed by atoms with E-state index in [1.165, 1.54) is 49.2 Å². The van der Waals surface area contributed by atoms with Crippen LogP contribution in [0.15, 0.2) is 58.4 Å². The molecule has 0 aliphatic rings. The molecule has 1 amide bonds. The summed E-state index contributed by atoms with van der Waals surface area (Å²) < 4.78 is 20.8. The van der Waals surface area contributed by atoms with E-state index in [9.17, 15) is 18.8 Å². The van der Waals surface area contributed by atoms with E-state index in [-0.39, 0.29) is 34.7 Å². The molecule has 3 aromatic heterocycles. The minimum Gasteiger partial charge on any atom is -0.481 e. The Morgan fingerprint density at radius 3 is 2.68 bits per heavy atom. The number of carbonyl (C=O) groups excluding carboxylic acids is 1. The van der Waals surface area contributed by atoms with Crippen LogP contribution in [-0.2, 0) is 20.1 Å². The Kier molecular flexibility index (Phi) is 6.42. The van der Waals surface area contributed by atoms with Gasteiger partial charge in [-0.3, -0.25) is 18.7 Å². The highest BCUT2D eigenvalue weighted by Gasteiger charge is 2.16. The topological polar surface area (TPSA) is 108 Å². The number of methoxy groups -OCH3 is 1. The number of ether oxygens (including phenoxy) is 1. The molecule has 1 aromatic carbocycles. The molecular weight excluding hydrogens is 465 g/mol. The third-order valence-electron chi connectivity index (χ3n) is 5.26. The van der Waals surface area contributed by atoms with Gasteiger partial charge in [-0.05, 0) is 35.4 Å². The van der Waals surface area contributed by atoms with E-state index in [1.54, 1.807) is 18.3 Å².